The molecule has 3 rings (SSSR count). The first-order valence-corrected chi connectivity index (χ1v) is 11.3. The van der Waals surface area contributed by atoms with Gasteiger partial charge in [0.25, 0.3) is 10.0 Å². The fraction of sp³-hybridized carbons (Fsp3) is 0.176. The van der Waals surface area contributed by atoms with E-state index in [2.05, 4.69) is 10.3 Å². The molecule has 1 amide bonds. The molecule has 0 atom stereocenters. The summed E-state index contributed by atoms with van der Waals surface area (Å²) in [7, 11) is -2.41. The van der Waals surface area contributed by atoms with Gasteiger partial charge in [-0.3, -0.25) is 4.79 Å². The van der Waals surface area contributed by atoms with Gasteiger partial charge in [0.2, 0.25) is 5.91 Å². The van der Waals surface area contributed by atoms with Gasteiger partial charge in [0, 0.05) is 18.0 Å². The van der Waals surface area contributed by atoms with Crippen molar-refractivity contribution in [2.45, 2.75) is 11.1 Å². The number of carbonyl (C=O) groups is 1. The molecular formula is C17H16ClN3O3S3. The van der Waals surface area contributed by atoms with Gasteiger partial charge in [-0.1, -0.05) is 41.4 Å². The highest BCUT2D eigenvalue weighted by Gasteiger charge is 2.25. The molecule has 0 saturated heterocycles. The van der Waals surface area contributed by atoms with Gasteiger partial charge in [0.1, 0.15) is 4.21 Å². The van der Waals surface area contributed by atoms with Crippen molar-refractivity contribution in [1.82, 2.24) is 9.29 Å². The van der Waals surface area contributed by atoms with Crippen LogP contribution in [0.4, 0.5) is 5.13 Å². The van der Waals surface area contributed by atoms with Gasteiger partial charge in [0.15, 0.2) is 5.13 Å². The van der Waals surface area contributed by atoms with E-state index < -0.39 is 15.9 Å². The smallest absolute Gasteiger partial charge is 0.252 e. The second kappa shape index (κ2) is 8.07. The number of hydrogen-bond donors (Lipinski definition) is 1. The third kappa shape index (κ3) is 4.74. The molecule has 1 aromatic carbocycles. The second-order valence-electron chi connectivity index (χ2n) is 5.77. The molecule has 0 bridgehead atoms. The molecule has 0 saturated carbocycles. The fourth-order valence-electron chi connectivity index (χ4n) is 2.22. The zero-order chi connectivity index (χ0) is 19.6. The van der Waals surface area contributed by atoms with E-state index in [1.807, 2.05) is 36.6 Å². The molecule has 1 N–H and O–H groups in total. The van der Waals surface area contributed by atoms with Crippen molar-refractivity contribution in [3.05, 3.63) is 51.7 Å². The molecule has 3 aromatic rings. The minimum absolute atomic E-state index is 0.0960. The first kappa shape index (κ1) is 20.0. The van der Waals surface area contributed by atoms with E-state index in [9.17, 15) is 13.2 Å². The van der Waals surface area contributed by atoms with Crippen molar-refractivity contribution < 1.29 is 13.2 Å². The van der Waals surface area contributed by atoms with Crippen LogP contribution in [0.25, 0.3) is 11.3 Å². The van der Waals surface area contributed by atoms with E-state index in [1.165, 1.54) is 30.5 Å². The number of amides is 1. The summed E-state index contributed by atoms with van der Waals surface area (Å²) in [5.74, 6) is -0.464. The van der Waals surface area contributed by atoms with Gasteiger partial charge in [-0.2, -0.15) is 4.31 Å². The van der Waals surface area contributed by atoms with Gasteiger partial charge in [-0.05, 0) is 19.1 Å². The van der Waals surface area contributed by atoms with Crippen molar-refractivity contribution in [2.75, 3.05) is 18.9 Å². The maximum atomic E-state index is 12.4. The second-order valence-corrected chi connectivity index (χ2v) is 10.6. The van der Waals surface area contributed by atoms with Gasteiger partial charge in [0.05, 0.1) is 16.6 Å². The molecule has 27 heavy (non-hydrogen) atoms. The summed E-state index contributed by atoms with van der Waals surface area (Å²) in [5, 5.41) is 4.90. The minimum Gasteiger partial charge on any atom is -0.301 e. The topological polar surface area (TPSA) is 79.4 Å². The molecule has 0 fully saturated rings. The number of carbonyl (C=O) groups excluding carboxylic acids is 1. The zero-order valence-corrected chi connectivity index (χ0v) is 17.7. The average molecular weight is 442 g/mol. The van der Waals surface area contributed by atoms with Crippen LogP contribution < -0.4 is 5.32 Å². The zero-order valence-electron chi connectivity index (χ0n) is 14.5. The van der Waals surface area contributed by atoms with E-state index >= 15 is 0 Å². The summed E-state index contributed by atoms with van der Waals surface area (Å²) >= 11 is 8.03. The molecule has 0 aliphatic carbocycles. The largest absolute Gasteiger partial charge is 0.301 e. The van der Waals surface area contributed by atoms with Crippen LogP contribution in [-0.2, 0) is 14.8 Å². The van der Waals surface area contributed by atoms with Crippen LogP contribution >= 0.6 is 34.3 Å². The Hall–Kier alpha value is -1.78. The number of rotatable bonds is 6. The van der Waals surface area contributed by atoms with Crippen molar-refractivity contribution in [3.63, 3.8) is 0 Å². The number of thiazole rings is 1. The lowest BCUT2D eigenvalue weighted by molar-refractivity contribution is -0.116. The SMILES string of the molecule is Cc1ccc(-c2csc(NC(=O)CN(C)S(=O)(=O)c3ccc(Cl)s3)n2)cc1. The molecular weight excluding hydrogens is 426 g/mol. The number of nitrogens with zero attached hydrogens (tertiary/aromatic N) is 2. The van der Waals surface area contributed by atoms with Crippen molar-refractivity contribution >= 4 is 55.3 Å². The Morgan fingerprint density at radius 1 is 1.22 bits per heavy atom. The van der Waals surface area contributed by atoms with Crippen LogP contribution in [0.1, 0.15) is 5.56 Å². The lowest BCUT2D eigenvalue weighted by Crippen LogP contribution is -2.34. The highest BCUT2D eigenvalue weighted by atomic mass is 35.5. The van der Waals surface area contributed by atoms with Crippen LogP contribution in [0.2, 0.25) is 4.34 Å². The molecule has 0 spiro atoms. The highest BCUT2D eigenvalue weighted by molar-refractivity contribution is 7.91. The van der Waals surface area contributed by atoms with Crippen LogP contribution in [0.15, 0.2) is 46.0 Å². The maximum Gasteiger partial charge on any atom is 0.252 e. The average Bonchev–Trinajstić information content (AvgIpc) is 3.25. The molecule has 0 aliphatic heterocycles. The Morgan fingerprint density at radius 2 is 1.93 bits per heavy atom. The number of thiophene rings is 1. The Labute approximate surface area is 170 Å². The number of likely N-dealkylation sites (N-methyl/N-ethyl adjacent to an activating group) is 1. The number of sulfonamides is 1. The lowest BCUT2D eigenvalue weighted by atomic mass is 10.1. The van der Waals surface area contributed by atoms with Gasteiger partial charge in [-0.15, -0.1) is 22.7 Å². The Balaban J connectivity index is 1.65. The minimum atomic E-state index is -3.76. The van der Waals surface area contributed by atoms with Gasteiger partial charge < -0.3 is 5.32 Å². The summed E-state index contributed by atoms with van der Waals surface area (Å²) in [5.41, 5.74) is 2.86. The number of halogens is 1. The number of aromatic nitrogens is 1. The lowest BCUT2D eigenvalue weighted by Gasteiger charge is -2.15. The molecule has 6 nitrogen and oxygen atoms in total. The standard InChI is InChI=1S/C17H16ClN3O3S3/c1-11-3-5-12(6-4-11)13-10-25-17(19-13)20-15(22)9-21(2)27(23,24)16-8-7-14(18)26-16/h3-8,10H,9H2,1-2H3,(H,19,20,22). The maximum absolute atomic E-state index is 12.4. The molecule has 0 aliphatic rings. The molecule has 2 aromatic heterocycles. The van der Waals surface area contributed by atoms with Crippen LogP contribution in [-0.4, -0.2) is 37.2 Å². The summed E-state index contributed by atoms with van der Waals surface area (Å²) in [4.78, 5) is 16.6. The highest BCUT2D eigenvalue weighted by Crippen LogP contribution is 2.28. The molecule has 10 heteroatoms. The van der Waals surface area contributed by atoms with E-state index in [1.54, 1.807) is 0 Å². The van der Waals surface area contributed by atoms with E-state index in [0.717, 1.165) is 32.5 Å². The molecule has 0 unspecified atom stereocenters. The van der Waals surface area contributed by atoms with Crippen molar-refractivity contribution in [2.24, 2.45) is 0 Å². The Kier molecular flexibility index (Phi) is 5.97. The Morgan fingerprint density at radius 3 is 2.56 bits per heavy atom. The first-order chi connectivity index (χ1) is 12.8. The molecule has 2 heterocycles. The predicted molar refractivity (Wildman–Crippen MR) is 110 cm³/mol. The van der Waals surface area contributed by atoms with Crippen molar-refractivity contribution in [3.8, 4) is 11.3 Å². The van der Waals surface area contributed by atoms with Crippen LogP contribution in [0.3, 0.4) is 0 Å². The van der Waals surface area contributed by atoms with Crippen LogP contribution in [0, 0.1) is 6.92 Å². The molecule has 0 radical (unpaired) electrons. The summed E-state index contributed by atoms with van der Waals surface area (Å²) < 4.78 is 26.3. The third-order valence-electron chi connectivity index (χ3n) is 3.68. The predicted octanol–water partition coefficient (Wildman–Crippen LogP) is 4.09. The van der Waals surface area contributed by atoms with E-state index in [0.29, 0.717) is 9.47 Å². The van der Waals surface area contributed by atoms with E-state index in [4.69, 9.17) is 11.6 Å². The number of nitrogens with one attached hydrogen (secondary N) is 1. The quantitative estimate of drug-likeness (QED) is 0.624. The van der Waals surface area contributed by atoms with Gasteiger partial charge >= 0.3 is 0 Å². The van der Waals surface area contributed by atoms with Crippen molar-refractivity contribution in [1.29, 1.82) is 0 Å². The number of anilines is 1. The first-order valence-electron chi connectivity index (χ1n) is 7.80. The third-order valence-corrected chi connectivity index (χ3v) is 7.94. The summed E-state index contributed by atoms with van der Waals surface area (Å²) in [6, 6.07) is 10.8. The van der Waals surface area contributed by atoms with Gasteiger partial charge in [-0.25, -0.2) is 13.4 Å². The normalized spacial score (nSPS) is 11.7. The van der Waals surface area contributed by atoms with Crippen LogP contribution in [0.5, 0.6) is 0 Å². The summed E-state index contributed by atoms with van der Waals surface area (Å²) in [6.07, 6.45) is 0. The number of benzene rings is 1. The Bertz CT molecular complexity index is 1060. The molecule has 142 valence electrons. The van der Waals surface area contributed by atoms with E-state index in [-0.39, 0.29) is 10.8 Å². The fourth-order valence-corrected chi connectivity index (χ4v) is 5.78. The number of aryl methyl sites for hydroxylation is 1. The monoisotopic (exact) mass is 441 g/mol. The summed E-state index contributed by atoms with van der Waals surface area (Å²) in [6.45, 7) is 1.68. The number of hydrogen-bond acceptors (Lipinski definition) is 6.